The number of hydrogen-bond acceptors (Lipinski definition) is 4. The number of aromatic nitrogens is 2. The van der Waals surface area contributed by atoms with E-state index in [0.29, 0.717) is 12.4 Å². The summed E-state index contributed by atoms with van der Waals surface area (Å²) in [5.41, 5.74) is 1.60. The number of rotatable bonds is 5. The fraction of sp³-hybridized carbons (Fsp3) is 0.111. The van der Waals surface area contributed by atoms with Crippen LogP contribution < -0.4 is 15.6 Å². The first-order valence-corrected chi connectivity index (χ1v) is 8.17. The van der Waals surface area contributed by atoms with Crippen molar-refractivity contribution in [1.82, 2.24) is 9.55 Å². The van der Waals surface area contributed by atoms with E-state index in [2.05, 4.69) is 26.2 Å². The van der Waals surface area contributed by atoms with E-state index in [0.717, 1.165) is 21.5 Å². The van der Waals surface area contributed by atoms with Gasteiger partial charge in [-0.25, -0.2) is 4.98 Å². The molecule has 3 aromatic rings. The summed E-state index contributed by atoms with van der Waals surface area (Å²) in [5, 5.41) is 3.09. The molecule has 5 nitrogen and oxygen atoms in total. The van der Waals surface area contributed by atoms with Crippen molar-refractivity contribution < 1.29 is 4.74 Å². The van der Waals surface area contributed by atoms with Gasteiger partial charge in [0, 0.05) is 29.1 Å². The Morgan fingerprint density at radius 2 is 2.00 bits per heavy atom. The van der Waals surface area contributed by atoms with Crippen LogP contribution in [-0.4, -0.2) is 16.7 Å². The Morgan fingerprint density at radius 3 is 2.75 bits per heavy atom. The maximum atomic E-state index is 12.6. The molecule has 1 N–H and O–H groups in total. The normalized spacial score (nSPS) is 10.4. The summed E-state index contributed by atoms with van der Waals surface area (Å²) in [7, 11) is 1.63. The molecule has 0 aliphatic heterocycles. The average Bonchev–Trinajstić information content (AvgIpc) is 2.62. The van der Waals surface area contributed by atoms with Gasteiger partial charge >= 0.3 is 0 Å². The molecule has 0 aliphatic carbocycles. The summed E-state index contributed by atoms with van der Waals surface area (Å²) in [6.45, 7) is 0.490. The number of methoxy groups -OCH3 is 1. The van der Waals surface area contributed by atoms with E-state index in [1.165, 1.54) is 0 Å². The predicted octanol–water partition coefficient (Wildman–Crippen LogP) is 3.62. The van der Waals surface area contributed by atoms with E-state index in [1.54, 1.807) is 24.1 Å². The van der Waals surface area contributed by atoms with Gasteiger partial charge in [0.2, 0.25) is 0 Å². The van der Waals surface area contributed by atoms with Gasteiger partial charge in [-0.05, 0) is 42.0 Å². The zero-order valence-electron chi connectivity index (χ0n) is 13.1. The van der Waals surface area contributed by atoms with Crippen LogP contribution in [0.25, 0.3) is 5.69 Å². The second kappa shape index (κ2) is 7.31. The molecule has 0 unspecified atom stereocenters. The maximum absolute atomic E-state index is 12.6. The average molecular weight is 386 g/mol. The molecule has 0 aliphatic rings. The standard InChI is InChI=1S/C18H16BrN3O2/c1-24-16-4-2-3-13(11-16)12-21-17-18(23)22(10-9-20-17)15-7-5-14(19)6-8-15/h2-11H,12H2,1H3,(H,20,21). The number of nitrogens with zero attached hydrogens (tertiary/aromatic N) is 2. The van der Waals surface area contributed by atoms with Gasteiger partial charge in [-0.3, -0.25) is 9.36 Å². The van der Waals surface area contributed by atoms with Crippen molar-refractivity contribution >= 4 is 21.7 Å². The van der Waals surface area contributed by atoms with Gasteiger partial charge in [-0.15, -0.1) is 0 Å². The van der Waals surface area contributed by atoms with Crippen molar-refractivity contribution in [1.29, 1.82) is 0 Å². The summed E-state index contributed by atoms with van der Waals surface area (Å²) in [6, 6.07) is 15.2. The summed E-state index contributed by atoms with van der Waals surface area (Å²) in [4.78, 5) is 16.8. The Labute approximate surface area is 148 Å². The molecule has 0 fully saturated rings. The highest BCUT2D eigenvalue weighted by Gasteiger charge is 2.06. The Bertz CT molecular complexity index is 891. The van der Waals surface area contributed by atoms with Crippen molar-refractivity contribution in [3.05, 3.63) is 81.3 Å². The van der Waals surface area contributed by atoms with Gasteiger partial charge in [-0.1, -0.05) is 28.1 Å². The molecular formula is C18H16BrN3O2. The minimum Gasteiger partial charge on any atom is -0.497 e. The number of nitrogens with one attached hydrogen (secondary N) is 1. The Balaban J connectivity index is 1.83. The lowest BCUT2D eigenvalue weighted by atomic mass is 10.2. The quantitative estimate of drug-likeness (QED) is 0.728. The van der Waals surface area contributed by atoms with Gasteiger partial charge < -0.3 is 10.1 Å². The Hall–Kier alpha value is -2.60. The van der Waals surface area contributed by atoms with E-state index in [9.17, 15) is 4.79 Å². The molecule has 0 saturated carbocycles. The molecule has 24 heavy (non-hydrogen) atoms. The first-order chi connectivity index (χ1) is 11.7. The van der Waals surface area contributed by atoms with Crippen LogP contribution in [0.3, 0.4) is 0 Å². The third-order valence-corrected chi connectivity index (χ3v) is 4.07. The fourth-order valence-corrected chi connectivity index (χ4v) is 2.57. The van der Waals surface area contributed by atoms with E-state index >= 15 is 0 Å². The van der Waals surface area contributed by atoms with Crippen LogP contribution in [0, 0.1) is 0 Å². The first kappa shape index (κ1) is 16.3. The van der Waals surface area contributed by atoms with Crippen LogP contribution in [0.4, 0.5) is 5.82 Å². The summed E-state index contributed by atoms with van der Waals surface area (Å²) >= 11 is 3.39. The maximum Gasteiger partial charge on any atom is 0.297 e. The van der Waals surface area contributed by atoms with Crippen LogP contribution in [0.1, 0.15) is 5.56 Å². The highest BCUT2D eigenvalue weighted by Crippen LogP contribution is 2.14. The number of hydrogen-bond donors (Lipinski definition) is 1. The van der Waals surface area contributed by atoms with Crippen molar-refractivity contribution in [2.75, 3.05) is 12.4 Å². The van der Waals surface area contributed by atoms with Crippen molar-refractivity contribution in [2.45, 2.75) is 6.54 Å². The largest absolute Gasteiger partial charge is 0.497 e. The number of benzene rings is 2. The summed E-state index contributed by atoms with van der Waals surface area (Å²) < 4.78 is 7.73. The topological polar surface area (TPSA) is 56.1 Å². The number of anilines is 1. The van der Waals surface area contributed by atoms with E-state index in [1.807, 2.05) is 48.5 Å². The number of ether oxygens (including phenoxy) is 1. The monoisotopic (exact) mass is 385 g/mol. The minimum atomic E-state index is -0.192. The molecule has 0 atom stereocenters. The SMILES string of the molecule is COc1cccc(CNc2nccn(-c3ccc(Br)cc3)c2=O)c1. The molecular weight excluding hydrogens is 370 g/mol. The smallest absolute Gasteiger partial charge is 0.297 e. The molecule has 0 bridgehead atoms. The molecule has 2 aromatic carbocycles. The van der Waals surface area contributed by atoms with E-state index < -0.39 is 0 Å². The van der Waals surface area contributed by atoms with Crippen LogP contribution in [0.15, 0.2) is 70.2 Å². The molecule has 122 valence electrons. The summed E-state index contributed by atoms with van der Waals surface area (Å²) in [6.07, 6.45) is 3.26. The van der Waals surface area contributed by atoms with Crippen LogP contribution in [-0.2, 0) is 6.54 Å². The molecule has 3 rings (SSSR count). The van der Waals surface area contributed by atoms with Gasteiger partial charge in [0.05, 0.1) is 7.11 Å². The van der Waals surface area contributed by atoms with Crippen molar-refractivity contribution in [3.8, 4) is 11.4 Å². The molecule has 0 radical (unpaired) electrons. The second-order valence-corrected chi connectivity index (χ2v) is 6.05. The van der Waals surface area contributed by atoms with Crippen LogP contribution in [0.2, 0.25) is 0 Å². The zero-order valence-corrected chi connectivity index (χ0v) is 14.7. The van der Waals surface area contributed by atoms with Crippen LogP contribution >= 0.6 is 15.9 Å². The van der Waals surface area contributed by atoms with Crippen molar-refractivity contribution in [2.24, 2.45) is 0 Å². The molecule has 0 amide bonds. The summed E-state index contributed by atoms with van der Waals surface area (Å²) in [5.74, 6) is 1.09. The first-order valence-electron chi connectivity index (χ1n) is 7.38. The Morgan fingerprint density at radius 1 is 1.21 bits per heavy atom. The molecule has 1 heterocycles. The highest BCUT2D eigenvalue weighted by atomic mass is 79.9. The van der Waals surface area contributed by atoms with E-state index in [-0.39, 0.29) is 5.56 Å². The van der Waals surface area contributed by atoms with Gasteiger partial charge in [0.1, 0.15) is 5.75 Å². The fourth-order valence-electron chi connectivity index (χ4n) is 2.31. The molecule has 6 heteroatoms. The molecule has 0 saturated heterocycles. The van der Waals surface area contributed by atoms with Crippen molar-refractivity contribution in [3.63, 3.8) is 0 Å². The third-order valence-electron chi connectivity index (χ3n) is 3.54. The molecule has 1 aromatic heterocycles. The lowest BCUT2D eigenvalue weighted by Gasteiger charge is -2.10. The number of halogens is 1. The lowest BCUT2D eigenvalue weighted by Crippen LogP contribution is -2.23. The van der Waals surface area contributed by atoms with Gasteiger partial charge in [0.15, 0.2) is 5.82 Å². The van der Waals surface area contributed by atoms with E-state index in [4.69, 9.17) is 4.74 Å². The van der Waals surface area contributed by atoms with Gasteiger partial charge in [0.25, 0.3) is 5.56 Å². The third kappa shape index (κ3) is 3.65. The minimum absolute atomic E-state index is 0.192. The Kier molecular flexibility index (Phi) is 4.96. The second-order valence-electron chi connectivity index (χ2n) is 5.13. The molecule has 0 spiro atoms. The van der Waals surface area contributed by atoms with Crippen LogP contribution in [0.5, 0.6) is 5.75 Å². The lowest BCUT2D eigenvalue weighted by molar-refractivity contribution is 0.414. The zero-order chi connectivity index (χ0) is 16.9. The predicted molar refractivity (Wildman–Crippen MR) is 97.9 cm³/mol. The van der Waals surface area contributed by atoms with Gasteiger partial charge in [-0.2, -0.15) is 0 Å². The highest BCUT2D eigenvalue weighted by molar-refractivity contribution is 9.10.